The van der Waals surface area contributed by atoms with Crippen LogP contribution in [-0.2, 0) is 4.79 Å². The third-order valence-electron chi connectivity index (χ3n) is 4.62. The SMILES string of the molecule is CC(=O)Nc1ccc(NC2CCC(C(C)C)CC2)cc1C. The highest BCUT2D eigenvalue weighted by Gasteiger charge is 2.23. The molecule has 0 atom stereocenters. The Hall–Kier alpha value is -1.51. The fourth-order valence-corrected chi connectivity index (χ4v) is 3.25. The van der Waals surface area contributed by atoms with Crippen LogP contribution in [0.3, 0.4) is 0 Å². The Labute approximate surface area is 128 Å². The van der Waals surface area contributed by atoms with E-state index in [1.54, 1.807) is 6.92 Å². The van der Waals surface area contributed by atoms with Crippen molar-refractivity contribution in [1.82, 2.24) is 0 Å². The van der Waals surface area contributed by atoms with E-state index in [1.165, 1.54) is 25.7 Å². The first-order valence-corrected chi connectivity index (χ1v) is 8.10. The highest BCUT2D eigenvalue weighted by molar-refractivity contribution is 5.89. The van der Waals surface area contributed by atoms with E-state index < -0.39 is 0 Å². The fourth-order valence-electron chi connectivity index (χ4n) is 3.25. The maximum atomic E-state index is 11.1. The molecule has 116 valence electrons. The Morgan fingerprint density at radius 1 is 1.19 bits per heavy atom. The summed E-state index contributed by atoms with van der Waals surface area (Å²) in [6.45, 7) is 8.25. The van der Waals surface area contributed by atoms with Gasteiger partial charge in [-0.2, -0.15) is 0 Å². The molecule has 0 heterocycles. The average Bonchev–Trinajstić information content (AvgIpc) is 2.42. The van der Waals surface area contributed by atoms with Gasteiger partial charge in [-0.15, -0.1) is 0 Å². The van der Waals surface area contributed by atoms with E-state index >= 15 is 0 Å². The van der Waals surface area contributed by atoms with Crippen LogP contribution in [-0.4, -0.2) is 11.9 Å². The van der Waals surface area contributed by atoms with Gasteiger partial charge in [-0.05, 0) is 68.2 Å². The minimum Gasteiger partial charge on any atom is -0.382 e. The van der Waals surface area contributed by atoms with Crippen molar-refractivity contribution in [3.63, 3.8) is 0 Å². The van der Waals surface area contributed by atoms with Crippen LogP contribution in [0.2, 0.25) is 0 Å². The summed E-state index contributed by atoms with van der Waals surface area (Å²) in [7, 11) is 0. The molecular weight excluding hydrogens is 260 g/mol. The molecule has 1 saturated carbocycles. The van der Waals surface area contributed by atoms with Crippen LogP contribution in [0.25, 0.3) is 0 Å². The van der Waals surface area contributed by atoms with Gasteiger partial charge in [0.2, 0.25) is 5.91 Å². The maximum absolute atomic E-state index is 11.1. The van der Waals surface area contributed by atoms with Crippen LogP contribution in [0.4, 0.5) is 11.4 Å². The molecule has 0 unspecified atom stereocenters. The number of aryl methyl sites for hydroxylation is 1. The van der Waals surface area contributed by atoms with Gasteiger partial charge in [-0.1, -0.05) is 13.8 Å². The molecule has 0 radical (unpaired) electrons. The Bertz CT molecular complexity index is 488. The van der Waals surface area contributed by atoms with Gasteiger partial charge in [-0.3, -0.25) is 4.79 Å². The van der Waals surface area contributed by atoms with Crippen LogP contribution < -0.4 is 10.6 Å². The summed E-state index contributed by atoms with van der Waals surface area (Å²) >= 11 is 0. The molecule has 3 nitrogen and oxygen atoms in total. The summed E-state index contributed by atoms with van der Waals surface area (Å²) in [6, 6.07) is 6.76. The summed E-state index contributed by atoms with van der Waals surface area (Å²) in [5, 5.41) is 6.50. The van der Waals surface area contributed by atoms with Gasteiger partial charge in [0.05, 0.1) is 0 Å². The third-order valence-corrected chi connectivity index (χ3v) is 4.62. The predicted molar refractivity (Wildman–Crippen MR) is 89.7 cm³/mol. The van der Waals surface area contributed by atoms with Crippen molar-refractivity contribution < 1.29 is 4.79 Å². The number of rotatable bonds is 4. The number of carbonyl (C=O) groups excluding carboxylic acids is 1. The highest BCUT2D eigenvalue weighted by atomic mass is 16.1. The van der Waals surface area contributed by atoms with E-state index in [0.717, 1.165) is 28.8 Å². The van der Waals surface area contributed by atoms with Crippen LogP contribution in [0, 0.1) is 18.8 Å². The molecule has 1 fully saturated rings. The summed E-state index contributed by atoms with van der Waals surface area (Å²) in [6.07, 6.45) is 5.18. The molecule has 0 spiro atoms. The Morgan fingerprint density at radius 3 is 2.38 bits per heavy atom. The lowest BCUT2D eigenvalue weighted by Gasteiger charge is -2.32. The molecule has 21 heavy (non-hydrogen) atoms. The maximum Gasteiger partial charge on any atom is 0.221 e. The molecule has 1 aromatic rings. The normalized spacial score (nSPS) is 22.1. The second-order valence-electron chi connectivity index (χ2n) is 6.71. The van der Waals surface area contributed by atoms with E-state index in [0.29, 0.717) is 6.04 Å². The van der Waals surface area contributed by atoms with Crippen LogP contribution in [0.1, 0.15) is 52.0 Å². The van der Waals surface area contributed by atoms with E-state index in [2.05, 4.69) is 36.6 Å². The minimum absolute atomic E-state index is 0.0224. The summed E-state index contributed by atoms with van der Waals surface area (Å²) in [5.41, 5.74) is 3.16. The van der Waals surface area contributed by atoms with Crippen LogP contribution in [0.5, 0.6) is 0 Å². The number of nitrogens with one attached hydrogen (secondary N) is 2. The molecule has 0 saturated heterocycles. The number of amides is 1. The van der Waals surface area contributed by atoms with Crippen molar-refractivity contribution in [2.75, 3.05) is 10.6 Å². The number of anilines is 2. The summed E-state index contributed by atoms with van der Waals surface area (Å²) < 4.78 is 0. The zero-order valence-electron chi connectivity index (χ0n) is 13.7. The van der Waals surface area contributed by atoms with E-state index in [9.17, 15) is 4.79 Å². The van der Waals surface area contributed by atoms with Crippen LogP contribution in [0.15, 0.2) is 18.2 Å². The monoisotopic (exact) mass is 288 g/mol. The molecule has 1 amide bonds. The first kappa shape index (κ1) is 15.9. The van der Waals surface area contributed by atoms with Gasteiger partial charge >= 0.3 is 0 Å². The third kappa shape index (κ3) is 4.48. The largest absolute Gasteiger partial charge is 0.382 e. The lowest BCUT2D eigenvalue weighted by molar-refractivity contribution is -0.114. The minimum atomic E-state index is -0.0224. The van der Waals surface area contributed by atoms with E-state index in [-0.39, 0.29) is 5.91 Å². The molecule has 1 aliphatic rings. The number of carbonyl (C=O) groups is 1. The lowest BCUT2D eigenvalue weighted by atomic mass is 9.79. The van der Waals surface area contributed by atoms with Gasteiger partial charge in [0, 0.05) is 24.3 Å². The van der Waals surface area contributed by atoms with Gasteiger partial charge in [-0.25, -0.2) is 0 Å². The van der Waals surface area contributed by atoms with Crippen molar-refractivity contribution >= 4 is 17.3 Å². The predicted octanol–water partition coefficient (Wildman–Crippen LogP) is 4.58. The van der Waals surface area contributed by atoms with Crippen LogP contribution >= 0.6 is 0 Å². The number of benzene rings is 1. The fraction of sp³-hybridized carbons (Fsp3) is 0.611. The Kier molecular flexibility index (Phi) is 5.27. The summed E-state index contributed by atoms with van der Waals surface area (Å²) in [5.74, 6) is 1.68. The second kappa shape index (κ2) is 6.97. The van der Waals surface area contributed by atoms with E-state index in [4.69, 9.17) is 0 Å². The van der Waals surface area contributed by atoms with Crippen molar-refractivity contribution in [3.05, 3.63) is 23.8 Å². The van der Waals surface area contributed by atoms with Gasteiger partial charge < -0.3 is 10.6 Å². The average molecular weight is 288 g/mol. The van der Waals surface area contributed by atoms with Gasteiger partial charge in [0.25, 0.3) is 0 Å². The van der Waals surface area contributed by atoms with E-state index in [1.807, 2.05) is 13.0 Å². The topological polar surface area (TPSA) is 41.1 Å². The zero-order chi connectivity index (χ0) is 15.4. The first-order valence-electron chi connectivity index (χ1n) is 8.10. The molecule has 1 aliphatic carbocycles. The van der Waals surface area contributed by atoms with Crippen molar-refractivity contribution in [1.29, 1.82) is 0 Å². The molecule has 1 aromatic carbocycles. The molecule has 0 aromatic heterocycles. The van der Waals surface area contributed by atoms with Crippen molar-refractivity contribution in [3.8, 4) is 0 Å². The molecular formula is C18H28N2O. The molecule has 2 N–H and O–H groups in total. The standard InChI is InChI=1S/C18H28N2O/c1-12(2)15-5-7-16(8-6-15)20-17-9-10-18(13(3)11-17)19-14(4)21/h9-12,15-16,20H,5-8H2,1-4H3,(H,19,21). The Balaban J connectivity index is 1.92. The van der Waals surface area contributed by atoms with Gasteiger partial charge in [0.1, 0.15) is 0 Å². The first-order chi connectivity index (χ1) is 9.95. The number of hydrogen-bond acceptors (Lipinski definition) is 2. The number of hydrogen-bond donors (Lipinski definition) is 2. The highest BCUT2D eigenvalue weighted by Crippen LogP contribution is 2.31. The van der Waals surface area contributed by atoms with Gasteiger partial charge in [0.15, 0.2) is 0 Å². The smallest absolute Gasteiger partial charge is 0.221 e. The molecule has 3 heteroatoms. The van der Waals surface area contributed by atoms with Crippen molar-refractivity contribution in [2.24, 2.45) is 11.8 Å². The summed E-state index contributed by atoms with van der Waals surface area (Å²) in [4.78, 5) is 11.1. The molecule has 0 aliphatic heterocycles. The molecule has 2 rings (SSSR count). The lowest BCUT2D eigenvalue weighted by Crippen LogP contribution is -2.27. The molecule has 0 bridgehead atoms. The quantitative estimate of drug-likeness (QED) is 0.851. The second-order valence-corrected chi connectivity index (χ2v) is 6.71. The Morgan fingerprint density at radius 2 is 1.86 bits per heavy atom. The zero-order valence-corrected chi connectivity index (χ0v) is 13.7. The van der Waals surface area contributed by atoms with Crippen molar-refractivity contribution in [2.45, 2.75) is 59.4 Å².